The lowest BCUT2D eigenvalue weighted by Crippen LogP contribution is -2.49. The highest BCUT2D eigenvalue weighted by molar-refractivity contribution is 5.94. The first-order valence-corrected chi connectivity index (χ1v) is 12.3. The molecular weight excluding hydrogens is 448 g/mol. The highest BCUT2D eigenvalue weighted by atomic mass is 16.5. The molecule has 184 valence electrons. The van der Waals surface area contributed by atoms with Crippen LogP contribution in [0.4, 0.5) is 0 Å². The van der Waals surface area contributed by atoms with Crippen LogP contribution in [0.3, 0.4) is 0 Å². The molecule has 0 saturated carbocycles. The van der Waals surface area contributed by atoms with Crippen LogP contribution >= 0.6 is 0 Å². The van der Waals surface area contributed by atoms with Gasteiger partial charge in [0.15, 0.2) is 0 Å². The number of esters is 2. The van der Waals surface area contributed by atoms with Gasteiger partial charge in [-0.3, -0.25) is 9.80 Å². The Kier molecular flexibility index (Phi) is 5.84. The van der Waals surface area contributed by atoms with E-state index in [2.05, 4.69) is 9.80 Å². The van der Waals surface area contributed by atoms with Crippen molar-refractivity contribution in [3.8, 4) is 0 Å². The second-order valence-corrected chi connectivity index (χ2v) is 9.84. The summed E-state index contributed by atoms with van der Waals surface area (Å²) in [6.45, 7) is 8.20. The fourth-order valence-electron chi connectivity index (χ4n) is 5.88. The van der Waals surface area contributed by atoms with E-state index in [0.717, 1.165) is 61.4 Å². The van der Waals surface area contributed by atoms with Crippen LogP contribution in [-0.4, -0.2) is 72.7 Å². The fourth-order valence-corrected chi connectivity index (χ4v) is 5.88. The number of fused-ring (bicyclic) bond motifs is 4. The summed E-state index contributed by atoms with van der Waals surface area (Å²) in [4.78, 5) is 28.4. The smallest absolute Gasteiger partial charge is 0.338 e. The first-order chi connectivity index (χ1) is 17.0. The second-order valence-electron chi connectivity index (χ2n) is 9.84. The topological polar surface area (TPSA) is 88.5 Å². The lowest BCUT2D eigenvalue weighted by Gasteiger charge is -2.38. The van der Waals surface area contributed by atoms with Crippen LogP contribution in [0.5, 0.6) is 0 Å². The Morgan fingerprint density at radius 3 is 2.34 bits per heavy atom. The minimum absolute atomic E-state index is 0.00381. The van der Waals surface area contributed by atoms with Crippen LogP contribution in [0.2, 0.25) is 0 Å². The van der Waals surface area contributed by atoms with Gasteiger partial charge in [-0.15, -0.1) is 0 Å². The number of cyclic esters (lactones) is 2. The van der Waals surface area contributed by atoms with Gasteiger partial charge in [-0.2, -0.15) is 0 Å². The molecule has 6 rings (SSSR count). The van der Waals surface area contributed by atoms with Gasteiger partial charge in [-0.1, -0.05) is 12.1 Å². The first kappa shape index (κ1) is 22.7. The third kappa shape index (κ3) is 4.04. The van der Waals surface area contributed by atoms with E-state index in [0.29, 0.717) is 30.9 Å². The lowest BCUT2D eigenvalue weighted by molar-refractivity contribution is -0.000287. The summed E-state index contributed by atoms with van der Waals surface area (Å²) < 4.78 is 16.5. The Hall–Kier alpha value is -2.78. The molecule has 4 heterocycles. The van der Waals surface area contributed by atoms with Crippen molar-refractivity contribution in [3.05, 3.63) is 68.8 Å². The van der Waals surface area contributed by atoms with Crippen molar-refractivity contribution in [1.82, 2.24) is 9.80 Å². The molecule has 4 aliphatic rings. The molecule has 1 fully saturated rings. The Morgan fingerprint density at radius 1 is 0.914 bits per heavy atom. The maximum absolute atomic E-state index is 11.9. The van der Waals surface area contributed by atoms with E-state index < -0.39 is 6.10 Å². The number of rotatable bonds is 5. The predicted octanol–water partition coefficient (Wildman–Crippen LogP) is 2.30. The summed E-state index contributed by atoms with van der Waals surface area (Å²) in [5.74, 6) is -0.503. The summed E-state index contributed by atoms with van der Waals surface area (Å²) in [7, 11) is 0. The molecule has 8 heteroatoms. The summed E-state index contributed by atoms with van der Waals surface area (Å²) in [5.41, 5.74) is 7.47. The Labute approximate surface area is 204 Å². The van der Waals surface area contributed by atoms with E-state index in [-0.39, 0.29) is 24.6 Å². The van der Waals surface area contributed by atoms with E-state index in [1.807, 2.05) is 25.1 Å². The molecule has 35 heavy (non-hydrogen) atoms. The van der Waals surface area contributed by atoms with Crippen LogP contribution in [-0.2, 0) is 33.8 Å². The summed E-state index contributed by atoms with van der Waals surface area (Å²) in [5, 5.41) is 10.9. The number of aliphatic hydroxyl groups is 1. The molecule has 0 aromatic heterocycles. The number of ether oxygens (including phenoxy) is 3. The first-order valence-electron chi connectivity index (χ1n) is 12.3. The van der Waals surface area contributed by atoms with Gasteiger partial charge in [0.05, 0.1) is 29.9 Å². The molecule has 0 bridgehead atoms. The maximum atomic E-state index is 11.9. The van der Waals surface area contributed by atoms with E-state index in [1.165, 1.54) is 11.1 Å². The number of β-amino-alcohol motifs (C(OH)–C–C–N with tert-alkyl or cyclic N) is 1. The maximum Gasteiger partial charge on any atom is 0.338 e. The van der Waals surface area contributed by atoms with Gasteiger partial charge < -0.3 is 19.3 Å². The van der Waals surface area contributed by atoms with E-state index in [4.69, 9.17) is 14.2 Å². The van der Waals surface area contributed by atoms with E-state index in [1.54, 1.807) is 6.07 Å². The van der Waals surface area contributed by atoms with Crippen molar-refractivity contribution < 1.29 is 28.9 Å². The summed E-state index contributed by atoms with van der Waals surface area (Å²) in [6, 6.07) is 7.55. The molecule has 0 radical (unpaired) electrons. The van der Waals surface area contributed by atoms with Gasteiger partial charge in [0.2, 0.25) is 0 Å². The standard InChI is InChI=1S/C27H30N2O6/c1-16-17(2-4-20-22(16)14-34-26(20)31)24(30)12-28-7-9-29(10-8-28)13-25-19-3-5-21-23(15-35-27(21)32)18(19)6-11-33-25/h2-5,24-25,30H,6-15H2,1H3/t24-,25?/m0/s1. The van der Waals surface area contributed by atoms with Crippen molar-refractivity contribution in [3.63, 3.8) is 0 Å². The normalized spacial score (nSPS) is 22.9. The molecular formula is C27H30N2O6. The molecule has 1 unspecified atom stereocenters. The number of aliphatic hydroxyl groups excluding tert-OH is 1. The van der Waals surface area contributed by atoms with Crippen LogP contribution in [0, 0.1) is 6.92 Å². The lowest BCUT2D eigenvalue weighted by atomic mass is 9.90. The van der Waals surface area contributed by atoms with Crippen LogP contribution in [0.15, 0.2) is 24.3 Å². The average Bonchev–Trinajstić information content (AvgIpc) is 3.44. The molecule has 2 aromatic carbocycles. The van der Waals surface area contributed by atoms with Crippen LogP contribution in [0.25, 0.3) is 0 Å². The molecule has 2 atom stereocenters. The van der Waals surface area contributed by atoms with Gasteiger partial charge >= 0.3 is 11.9 Å². The Balaban J connectivity index is 1.06. The SMILES string of the molecule is Cc1c([C@@H](O)CN2CCN(CC3OCCc4c3ccc3c4COC3=O)CC2)ccc2c1COC2=O. The molecule has 0 amide bonds. The van der Waals surface area contributed by atoms with Crippen molar-refractivity contribution in [2.75, 3.05) is 45.9 Å². The quantitative estimate of drug-likeness (QED) is 0.655. The number of nitrogens with zero attached hydrogens (tertiary/aromatic N) is 2. The van der Waals surface area contributed by atoms with Gasteiger partial charge in [-0.25, -0.2) is 9.59 Å². The predicted molar refractivity (Wildman–Crippen MR) is 126 cm³/mol. The summed E-state index contributed by atoms with van der Waals surface area (Å²) in [6.07, 6.45) is 0.207. The van der Waals surface area contributed by atoms with Crippen LogP contribution < -0.4 is 0 Å². The minimum Gasteiger partial charge on any atom is -0.457 e. The Morgan fingerprint density at radius 2 is 1.57 bits per heavy atom. The second kappa shape index (κ2) is 9.02. The van der Waals surface area contributed by atoms with Crippen molar-refractivity contribution in [2.45, 2.75) is 38.8 Å². The number of carbonyl (C=O) groups excluding carboxylic acids is 2. The fraction of sp³-hybridized carbons (Fsp3) is 0.481. The van der Waals surface area contributed by atoms with E-state index >= 15 is 0 Å². The zero-order chi connectivity index (χ0) is 24.1. The molecule has 1 N–H and O–H groups in total. The minimum atomic E-state index is -0.608. The number of benzene rings is 2. The van der Waals surface area contributed by atoms with Crippen molar-refractivity contribution >= 4 is 11.9 Å². The number of carbonyl (C=O) groups is 2. The average molecular weight is 479 g/mol. The zero-order valence-electron chi connectivity index (χ0n) is 19.9. The van der Waals surface area contributed by atoms with Gasteiger partial charge in [0.25, 0.3) is 0 Å². The third-order valence-corrected chi connectivity index (χ3v) is 7.94. The van der Waals surface area contributed by atoms with Crippen LogP contribution in [0.1, 0.15) is 66.3 Å². The van der Waals surface area contributed by atoms with Gasteiger partial charge in [0.1, 0.15) is 13.2 Å². The molecule has 2 aromatic rings. The zero-order valence-corrected chi connectivity index (χ0v) is 19.9. The molecule has 1 saturated heterocycles. The molecule has 0 aliphatic carbocycles. The highest BCUT2D eigenvalue weighted by Gasteiger charge is 2.32. The molecule has 4 aliphatic heterocycles. The molecule has 8 nitrogen and oxygen atoms in total. The van der Waals surface area contributed by atoms with E-state index in [9.17, 15) is 14.7 Å². The third-order valence-electron chi connectivity index (χ3n) is 7.94. The Bertz CT molecular complexity index is 1190. The number of hydrogen-bond acceptors (Lipinski definition) is 8. The van der Waals surface area contributed by atoms with Gasteiger partial charge in [-0.05, 0) is 47.7 Å². The number of piperazine rings is 1. The van der Waals surface area contributed by atoms with Gasteiger partial charge in [0, 0.05) is 50.4 Å². The van der Waals surface area contributed by atoms with Crippen molar-refractivity contribution in [2.24, 2.45) is 0 Å². The number of hydrogen-bond donors (Lipinski definition) is 1. The monoisotopic (exact) mass is 478 g/mol. The summed E-state index contributed by atoms with van der Waals surface area (Å²) >= 11 is 0. The largest absolute Gasteiger partial charge is 0.457 e. The van der Waals surface area contributed by atoms with Crippen molar-refractivity contribution in [1.29, 1.82) is 0 Å². The highest BCUT2D eigenvalue weighted by Crippen LogP contribution is 2.35. The molecule has 0 spiro atoms.